The Kier molecular flexibility index (Phi) is 5.00. The molecule has 1 aromatic heterocycles. The van der Waals surface area contributed by atoms with Crippen LogP contribution in [0.4, 0.5) is 0 Å². The summed E-state index contributed by atoms with van der Waals surface area (Å²) < 4.78 is 0.856. The highest BCUT2D eigenvalue weighted by atomic mass is 32.2. The molecule has 1 aliphatic carbocycles. The molecular formula is C12H19N3OS2. The van der Waals surface area contributed by atoms with Gasteiger partial charge in [-0.3, -0.25) is 4.79 Å². The Labute approximate surface area is 116 Å². The molecule has 1 amide bonds. The van der Waals surface area contributed by atoms with E-state index in [4.69, 9.17) is 0 Å². The molecule has 4 nitrogen and oxygen atoms in total. The lowest BCUT2D eigenvalue weighted by molar-refractivity contribution is -0.121. The van der Waals surface area contributed by atoms with Gasteiger partial charge in [-0.2, -0.15) is 0 Å². The van der Waals surface area contributed by atoms with Crippen LogP contribution < -0.4 is 5.32 Å². The molecule has 0 unspecified atom stereocenters. The zero-order valence-electron chi connectivity index (χ0n) is 10.8. The zero-order valence-corrected chi connectivity index (χ0v) is 12.4. The topological polar surface area (TPSA) is 54.9 Å². The molecule has 3 atom stereocenters. The first-order valence-corrected chi connectivity index (χ1v) is 8.16. The van der Waals surface area contributed by atoms with Gasteiger partial charge in [-0.25, -0.2) is 0 Å². The highest BCUT2D eigenvalue weighted by Gasteiger charge is 2.25. The van der Waals surface area contributed by atoms with Crippen LogP contribution in [0, 0.1) is 5.92 Å². The van der Waals surface area contributed by atoms with Crippen molar-refractivity contribution in [3.8, 4) is 0 Å². The minimum atomic E-state index is -0.105. The van der Waals surface area contributed by atoms with Gasteiger partial charge in [-0.15, -0.1) is 10.2 Å². The van der Waals surface area contributed by atoms with E-state index in [0.29, 0.717) is 12.0 Å². The molecule has 0 radical (unpaired) electrons. The quantitative estimate of drug-likeness (QED) is 0.864. The first kappa shape index (κ1) is 13.8. The SMILES string of the molecule is C[C@H](Sc1nncs1)C(=O)N[C@@H]1CCCC[C@@H]1C. The van der Waals surface area contributed by atoms with Crippen LogP contribution in [0.3, 0.4) is 0 Å². The number of rotatable bonds is 4. The lowest BCUT2D eigenvalue weighted by Gasteiger charge is -2.30. The van der Waals surface area contributed by atoms with Crippen molar-refractivity contribution in [1.82, 2.24) is 15.5 Å². The highest BCUT2D eigenvalue weighted by Crippen LogP contribution is 2.26. The molecular weight excluding hydrogens is 266 g/mol. The molecule has 1 aliphatic rings. The van der Waals surface area contributed by atoms with E-state index >= 15 is 0 Å². The van der Waals surface area contributed by atoms with Crippen LogP contribution in [0.5, 0.6) is 0 Å². The Morgan fingerprint density at radius 1 is 1.56 bits per heavy atom. The fourth-order valence-corrected chi connectivity index (χ4v) is 3.88. The monoisotopic (exact) mass is 285 g/mol. The molecule has 0 bridgehead atoms. The van der Waals surface area contributed by atoms with Crippen molar-refractivity contribution in [3.05, 3.63) is 5.51 Å². The molecule has 100 valence electrons. The second-order valence-electron chi connectivity index (χ2n) is 4.84. The molecule has 1 aromatic rings. The third-order valence-corrected chi connectivity index (χ3v) is 5.34. The molecule has 0 aliphatic heterocycles. The van der Waals surface area contributed by atoms with Gasteiger partial charge in [0.05, 0.1) is 5.25 Å². The second kappa shape index (κ2) is 6.52. The van der Waals surface area contributed by atoms with Crippen LogP contribution in [0.2, 0.25) is 0 Å². The molecule has 1 N–H and O–H groups in total. The van der Waals surface area contributed by atoms with E-state index in [-0.39, 0.29) is 11.2 Å². The lowest BCUT2D eigenvalue weighted by atomic mass is 9.86. The Morgan fingerprint density at radius 2 is 2.33 bits per heavy atom. The molecule has 18 heavy (non-hydrogen) atoms. The van der Waals surface area contributed by atoms with Crippen molar-refractivity contribution in [1.29, 1.82) is 0 Å². The van der Waals surface area contributed by atoms with E-state index < -0.39 is 0 Å². The van der Waals surface area contributed by atoms with Crippen molar-refractivity contribution in [2.24, 2.45) is 5.92 Å². The van der Waals surface area contributed by atoms with Crippen LogP contribution in [0.15, 0.2) is 9.85 Å². The van der Waals surface area contributed by atoms with Crippen molar-refractivity contribution in [2.75, 3.05) is 0 Å². The Bertz CT molecular complexity index is 383. The zero-order chi connectivity index (χ0) is 13.0. The predicted molar refractivity (Wildman–Crippen MR) is 74.8 cm³/mol. The van der Waals surface area contributed by atoms with Crippen LogP contribution in [-0.2, 0) is 4.79 Å². The number of thioether (sulfide) groups is 1. The van der Waals surface area contributed by atoms with Crippen molar-refractivity contribution in [2.45, 2.75) is 55.2 Å². The van der Waals surface area contributed by atoms with Gasteiger partial charge < -0.3 is 5.32 Å². The van der Waals surface area contributed by atoms with Gasteiger partial charge in [0.15, 0.2) is 4.34 Å². The maximum atomic E-state index is 12.1. The van der Waals surface area contributed by atoms with Gasteiger partial charge in [0, 0.05) is 6.04 Å². The Morgan fingerprint density at radius 3 is 3.00 bits per heavy atom. The van der Waals surface area contributed by atoms with E-state index in [2.05, 4.69) is 22.4 Å². The number of nitrogens with zero attached hydrogens (tertiary/aromatic N) is 2. The summed E-state index contributed by atoms with van der Waals surface area (Å²) in [6.45, 7) is 4.15. The van der Waals surface area contributed by atoms with E-state index in [1.807, 2.05) is 6.92 Å². The third kappa shape index (κ3) is 3.68. The van der Waals surface area contributed by atoms with Gasteiger partial charge in [-0.05, 0) is 25.7 Å². The van der Waals surface area contributed by atoms with Crippen molar-refractivity contribution < 1.29 is 4.79 Å². The van der Waals surface area contributed by atoms with Crippen LogP contribution in [-0.4, -0.2) is 27.4 Å². The van der Waals surface area contributed by atoms with E-state index in [1.165, 1.54) is 42.4 Å². The average Bonchev–Trinajstić information content (AvgIpc) is 2.84. The largest absolute Gasteiger partial charge is 0.352 e. The molecule has 1 fully saturated rings. The van der Waals surface area contributed by atoms with Gasteiger partial charge in [-0.1, -0.05) is 42.9 Å². The predicted octanol–water partition coefficient (Wildman–Crippen LogP) is 2.71. The minimum Gasteiger partial charge on any atom is -0.352 e. The van der Waals surface area contributed by atoms with Gasteiger partial charge in [0.2, 0.25) is 5.91 Å². The lowest BCUT2D eigenvalue weighted by Crippen LogP contribution is -2.44. The normalized spacial score (nSPS) is 25.7. The van der Waals surface area contributed by atoms with Crippen LogP contribution in [0.1, 0.15) is 39.5 Å². The summed E-state index contributed by atoms with van der Waals surface area (Å²) >= 11 is 2.96. The number of nitrogens with one attached hydrogen (secondary N) is 1. The molecule has 0 saturated heterocycles. The molecule has 1 heterocycles. The molecule has 0 spiro atoms. The number of carbonyl (C=O) groups is 1. The summed E-state index contributed by atoms with van der Waals surface area (Å²) in [5, 5.41) is 10.8. The minimum absolute atomic E-state index is 0.105. The first-order chi connectivity index (χ1) is 8.66. The number of aromatic nitrogens is 2. The Hall–Kier alpha value is -0.620. The maximum absolute atomic E-state index is 12.1. The molecule has 2 rings (SSSR count). The van der Waals surface area contributed by atoms with Gasteiger partial charge in [0.1, 0.15) is 5.51 Å². The highest BCUT2D eigenvalue weighted by molar-refractivity contribution is 8.02. The maximum Gasteiger partial charge on any atom is 0.233 e. The van der Waals surface area contributed by atoms with Crippen LogP contribution >= 0.6 is 23.1 Å². The molecule has 1 saturated carbocycles. The summed E-state index contributed by atoms with van der Waals surface area (Å²) in [4.78, 5) is 12.1. The number of hydrogen-bond acceptors (Lipinski definition) is 5. The van der Waals surface area contributed by atoms with E-state index in [1.54, 1.807) is 5.51 Å². The summed E-state index contributed by atoms with van der Waals surface area (Å²) in [6.07, 6.45) is 4.86. The number of carbonyl (C=O) groups excluding carboxylic acids is 1. The average molecular weight is 285 g/mol. The fraction of sp³-hybridized carbons (Fsp3) is 0.750. The van der Waals surface area contributed by atoms with E-state index in [9.17, 15) is 4.79 Å². The fourth-order valence-electron chi connectivity index (χ4n) is 2.25. The summed E-state index contributed by atoms with van der Waals surface area (Å²) in [6, 6.07) is 0.351. The summed E-state index contributed by atoms with van der Waals surface area (Å²) in [5.74, 6) is 0.718. The second-order valence-corrected chi connectivity index (χ2v) is 7.26. The molecule has 0 aromatic carbocycles. The first-order valence-electron chi connectivity index (χ1n) is 6.40. The molecule has 6 heteroatoms. The number of hydrogen-bond donors (Lipinski definition) is 1. The van der Waals surface area contributed by atoms with Gasteiger partial charge >= 0.3 is 0 Å². The van der Waals surface area contributed by atoms with Gasteiger partial charge in [0.25, 0.3) is 0 Å². The Balaban J connectivity index is 1.83. The summed E-state index contributed by atoms with van der Waals surface area (Å²) in [5.41, 5.74) is 1.69. The summed E-state index contributed by atoms with van der Waals surface area (Å²) in [7, 11) is 0. The standard InChI is InChI=1S/C12H19N3OS2/c1-8-5-3-4-6-10(8)14-11(16)9(2)18-12-15-13-7-17-12/h7-10H,3-6H2,1-2H3,(H,14,16)/t8-,9-,10+/m0/s1. The smallest absolute Gasteiger partial charge is 0.233 e. The number of amides is 1. The van der Waals surface area contributed by atoms with E-state index in [0.717, 1.165) is 10.8 Å². The van der Waals surface area contributed by atoms with Crippen molar-refractivity contribution in [3.63, 3.8) is 0 Å². The van der Waals surface area contributed by atoms with Crippen molar-refractivity contribution >= 4 is 29.0 Å². The van der Waals surface area contributed by atoms with Crippen LogP contribution in [0.25, 0.3) is 0 Å². The third-order valence-electron chi connectivity index (χ3n) is 3.43.